The molecule has 0 unspecified atom stereocenters. The lowest BCUT2D eigenvalue weighted by Gasteiger charge is -2.08. The standard InChI is InChI=1S/C20H19FN2O3/c1-9-6-12(4)16(17(21)13(9)5)19-22-18(23-26-19)14-8-15(20(24)25)11(3)7-10(14)2/h6-8H,1-5H3,(H,24,25). The van der Waals surface area contributed by atoms with Gasteiger partial charge in [-0.15, -0.1) is 0 Å². The maximum Gasteiger partial charge on any atom is 0.335 e. The first-order valence-corrected chi connectivity index (χ1v) is 8.16. The highest BCUT2D eigenvalue weighted by atomic mass is 19.1. The Hall–Kier alpha value is -3.02. The van der Waals surface area contributed by atoms with Crippen LogP contribution in [0.1, 0.15) is 38.2 Å². The second-order valence-corrected chi connectivity index (χ2v) is 6.53. The van der Waals surface area contributed by atoms with Crippen LogP contribution in [0.4, 0.5) is 4.39 Å². The van der Waals surface area contributed by atoms with E-state index >= 15 is 0 Å². The van der Waals surface area contributed by atoms with Crippen LogP contribution in [0.2, 0.25) is 0 Å². The predicted octanol–water partition coefficient (Wildman–Crippen LogP) is 4.78. The van der Waals surface area contributed by atoms with Crippen LogP contribution in [0.3, 0.4) is 0 Å². The minimum atomic E-state index is -1.02. The zero-order valence-electron chi connectivity index (χ0n) is 15.3. The van der Waals surface area contributed by atoms with Crippen LogP contribution in [0.15, 0.2) is 22.7 Å². The van der Waals surface area contributed by atoms with Gasteiger partial charge in [0.2, 0.25) is 5.82 Å². The Labute approximate surface area is 150 Å². The number of carboxylic acid groups (broad SMARTS) is 1. The molecule has 0 aliphatic heterocycles. The van der Waals surface area contributed by atoms with Gasteiger partial charge in [0, 0.05) is 5.56 Å². The van der Waals surface area contributed by atoms with Gasteiger partial charge in [0.25, 0.3) is 5.89 Å². The van der Waals surface area contributed by atoms with Crippen molar-refractivity contribution in [2.24, 2.45) is 0 Å². The molecule has 3 rings (SSSR count). The molecule has 134 valence electrons. The van der Waals surface area contributed by atoms with Gasteiger partial charge in [-0.05, 0) is 68.5 Å². The molecule has 2 aromatic carbocycles. The van der Waals surface area contributed by atoms with Gasteiger partial charge in [-0.3, -0.25) is 0 Å². The van der Waals surface area contributed by atoms with E-state index in [2.05, 4.69) is 10.1 Å². The van der Waals surface area contributed by atoms with Crippen molar-refractivity contribution in [3.05, 3.63) is 57.4 Å². The molecule has 0 atom stereocenters. The van der Waals surface area contributed by atoms with Gasteiger partial charge in [0.15, 0.2) is 0 Å². The monoisotopic (exact) mass is 354 g/mol. The number of aromatic nitrogens is 2. The zero-order chi connectivity index (χ0) is 19.2. The number of halogens is 1. The fourth-order valence-electron chi connectivity index (χ4n) is 3.06. The van der Waals surface area contributed by atoms with E-state index in [-0.39, 0.29) is 28.7 Å². The van der Waals surface area contributed by atoms with Gasteiger partial charge >= 0.3 is 5.97 Å². The van der Waals surface area contributed by atoms with Crippen molar-refractivity contribution >= 4 is 5.97 Å². The normalized spacial score (nSPS) is 11.0. The van der Waals surface area contributed by atoms with E-state index in [0.717, 1.165) is 11.1 Å². The zero-order valence-corrected chi connectivity index (χ0v) is 15.3. The smallest absolute Gasteiger partial charge is 0.335 e. The molecule has 1 heterocycles. The fourth-order valence-corrected chi connectivity index (χ4v) is 3.06. The van der Waals surface area contributed by atoms with E-state index < -0.39 is 5.97 Å². The minimum Gasteiger partial charge on any atom is -0.478 e. The van der Waals surface area contributed by atoms with Gasteiger partial charge in [0.05, 0.1) is 11.1 Å². The maximum atomic E-state index is 14.7. The van der Waals surface area contributed by atoms with Crippen molar-refractivity contribution in [2.45, 2.75) is 34.6 Å². The fraction of sp³-hybridized carbons (Fsp3) is 0.250. The summed E-state index contributed by atoms with van der Waals surface area (Å²) in [4.78, 5) is 15.7. The molecule has 1 N–H and O–H groups in total. The van der Waals surface area contributed by atoms with Gasteiger partial charge in [0.1, 0.15) is 5.82 Å². The molecule has 0 saturated carbocycles. The van der Waals surface area contributed by atoms with Gasteiger partial charge in [-0.25, -0.2) is 9.18 Å². The van der Waals surface area contributed by atoms with Gasteiger partial charge in [-0.2, -0.15) is 4.98 Å². The Morgan fingerprint density at radius 3 is 2.31 bits per heavy atom. The van der Waals surface area contributed by atoms with E-state index in [9.17, 15) is 14.3 Å². The number of aromatic carboxylic acids is 1. The average Bonchev–Trinajstić information content (AvgIpc) is 3.01. The maximum absolute atomic E-state index is 14.7. The Kier molecular flexibility index (Phi) is 4.36. The van der Waals surface area contributed by atoms with Crippen molar-refractivity contribution < 1.29 is 18.8 Å². The second kappa shape index (κ2) is 6.37. The van der Waals surface area contributed by atoms with E-state index in [1.165, 1.54) is 6.07 Å². The summed E-state index contributed by atoms with van der Waals surface area (Å²) in [6.45, 7) is 8.90. The van der Waals surface area contributed by atoms with E-state index in [4.69, 9.17) is 4.52 Å². The number of hydrogen-bond donors (Lipinski definition) is 1. The highest BCUT2D eigenvalue weighted by molar-refractivity contribution is 5.91. The topological polar surface area (TPSA) is 76.2 Å². The van der Waals surface area contributed by atoms with E-state index in [0.29, 0.717) is 22.3 Å². The van der Waals surface area contributed by atoms with Gasteiger partial charge < -0.3 is 9.63 Å². The number of carboxylic acids is 1. The molecule has 3 aromatic rings. The summed E-state index contributed by atoms with van der Waals surface area (Å²) in [5.74, 6) is -1.10. The molecule has 0 spiro atoms. The van der Waals surface area contributed by atoms with Crippen molar-refractivity contribution in [3.63, 3.8) is 0 Å². The molecule has 0 amide bonds. The van der Waals surface area contributed by atoms with Gasteiger partial charge in [-0.1, -0.05) is 17.3 Å². The van der Waals surface area contributed by atoms with Crippen LogP contribution in [-0.4, -0.2) is 21.2 Å². The number of nitrogens with zero attached hydrogens (tertiary/aromatic N) is 2. The molecule has 0 radical (unpaired) electrons. The van der Waals surface area contributed by atoms with E-state index in [1.807, 2.05) is 19.9 Å². The summed E-state index contributed by atoms with van der Waals surface area (Å²) >= 11 is 0. The van der Waals surface area contributed by atoms with Crippen LogP contribution in [0.25, 0.3) is 22.8 Å². The van der Waals surface area contributed by atoms with Crippen molar-refractivity contribution in [1.29, 1.82) is 0 Å². The second-order valence-electron chi connectivity index (χ2n) is 6.53. The third-order valence-electron chi connectivity index (χ3n) is 4.65. The lowest BCUT2D eigenvalue weighted by Crippen LogP contribution is -2.01. The Morgan fingerprint density at radius 2 is 1.65 bits per heavy atom. The summed E-state index contributed by atoms with van der Waals surface area (Å²) in [7, 11) is 0. The number of rotatable bonds is 3. The SMILES string of the molecule is Cc1cc(C)c(-c2noc(-c3c(C)cc(C)c(C)c3F)n2)cc1C(=O)O. The molecule has 5 nitrogen and oxygen atoms in total. The molecule has 0 saturated heterocycles. The Morgan fingerprint density at radius 1 is 1.00 bits per heavy atom. The van der Waals surface area contributed by atoms with Crippen LogP contribution < -0.4 is 0 Å². The number of carbonyl (C=O) groups is 1. The van der Waals surface area contributed by atoms with Crippen molar-refractivity contribution in [3.8, 4) is 22.8 Å². The Balaban J connectivity index is 2.15. The van der Waals surface area contributed by atoms with Crippen LogP contribution in [-0.2, 0) is 0 Å². The predicted molar refractivity (Wildman–Crippen MR) is 95.8 cm³/mol. The highest BCUT2D eigenvalue weighted by Gasteiger charge is 2.21. The highest BCUT2D eigenvalue weighted by Crippen LogP contribution is 2.32. The first-order chi connectivity index (χ1) is 12.2. The minimum absolute atomic E-state index is 0.0787. The molecule has 0 aliphatic carbocycles. The molecular weight excluding hydrogens is 335 g/mol. The number of aryl methyl sites for hydroxylation is 4. The molecule has 0 aliphatic rings. The summed E-state index contributed by atoms with van der Waals surface area (Å²) in [6.07, 6.45) is 0. The number of benzene rings is 2. The third kappa shape index (κ3) is 2.87. The summed E-state index contributed by atoms with van der Waals surface area (Å²) in [5.41, 5.74) is 4.54. The molecule has 0 fully saturated rings. The largest absolute Gasteiger partial charge is 0.478 e. The van der Waals surface area contributed by atoms with Crippen LogP contribution in [0.5, 0.6) is 0 Å². The molecule has 1 aromatic heterocycles. The molecule has 0 bridgehead atoms. The summed E-state index contributed by atoms with van der Waals surface area (Å²) < 4.78 is 20.0. The quantitative estimate of drug-likeness (QED) is 0.732. The van der Waals surface area contributed by atoms with Crippen LogP contribution >= 0.6 is 0 Å². The third-order valence-corrected chi connectivity index (χ3v) is 4.65. The first-order valence-electron chi connectivity index (χ1n) is 8.16. The van der Waals surface area contributed by atoms with Crippen molar-refractivity contribution in [1.82, 2.24) is 10.1 Å². The first kappa shape index (κ1) is 17.8. The molecule has 26 heavy (non-hydrogen) atoms. The number of hydrogen-bond acceptors (Lipinski definition) is 4. The molecule has 6 heteroatoms. The molecular formula is C20H19FN2O3. The summed E-state index contributed by atoms with van der Waals surface area (Å²) in [5, 5.41) is 13.3. The summed E-state index contributed by atoms with van der Waals surface area (Å²) in [6, 6.07) is 5.15. The van der Waals surface area contributed by atoms with Crippen molar-refractivity contribution in [2.75, 3.05) is 0 Å². The Bertz CT molecular complexity index is 1040. The average molecular weight is 354 g/mol. The van der Waals surface area contributed by atoms with E-state index in [1.54, 1.807) is 26.8 Å². The van der Waals surface area contributed by atoms with Crippen LogP contribution in [0, 0.1) is 40.4 Å². The lowest BCUT2D eigenvalue weighted by atomic mass is 9.99. The lowest BCUT2D eigenvalue weighted by molar-refractivity contribution is 0.0696.